The van der Waals surface area contributed by atoms with Gasteiger partial charge < -0.3 is 9.63 Å². The molecular formula is C14H13NO5S. The fourth-order valence-corrected chi connectivity index (χ4v) is 2.44. The molecule has 0 atom stereocenters. The zero-order chi connectivity index (χ0) is 15.4. The summed E-state index contributed by atoms with van der Waals surface area (Å²) < 4.78 is 5.74. The van der Waals surface area contributed by atoms with Gasteiger partial charge in [0, 0.05) is 11.0 Å². The van der Waals surface area contributed by atoms with Gasteiger partial charge in [0.25, 0.3) is 11.5 Å². The molecule has 21 heavy (non-hydrogen) atoms. The molecule has 2 aromatic rings. The highest BCUT2D eigenvalue weighted by molar-refractivity contribution is 8.00. The Bertz CT molecular complexity index is 714. The van der Waals surface area contributed by atoms with Crippen molar-refractivity contribution in [1.82, 2.24) is 4.74 Å². The summed E-state index contributed by atoms with van der Waals surface area (Å²) in [5.41, 5.74) is 0.214. The van der Waals surface area contributed by atoms with Gasteiger partial charge in [0.15, 0.2) is 0 Å². The van der Waals surface area contributed by atoms with Crippen molar-refractivity contribution in [2.45, 2.75) is 18.2 Å². The van der Waals surface area contributed by atoms with Gasteiger partial charge in [0.1, 0.15) is 5.76 Å². The molecule has 110 valence electrons. The molecule has 0 saturated heterocycles. The van der Waals surface area contributed by atoms with E-state index in [2.05, 4.69) is 0 Å². The maximum Gasteiger partial charge on any atom is 0.307 e. The highest BCUT2D eigenvalue weighted by Crippen LogP contribution is 2.19. The number of aromatic nitrogens is 1. The first kappa shape index (κ1) is 15.1. The van der Waals surface area contributed by atoms with Crippen molar-refractivity contribution < 1.29 is 19.2 Å². The molecular weight excluding hydrogens is 294 g/mol. The summed E-state index contributed by atoms with van der Waals surface area (Å²) in [6, 6.07) is 8.14. The van der Waals surface area contributed by atoms with Crippen LogP contribution in [0.15, 0.2) is 44.5 Å². The molecule has 0 amide bonds. The lowest BCUT2D eigenvalue weighted by Crippen LogP contribution is -2.23. The average molecular weight is 307 g/mol. The van der Waals surface area contributed by atoms with Crippen LogP contribution in [0.3, 0.4) is 0 Å². The van der Waals surface area contributed by atoms with Gasteiger partial charge in [-0.1, -0.05) is 12.1 Å². The molecule has 0 bridgehead atoms. The van der Waals surface area contributed by atoms with E-state index >= 15 is 0 Å². The third-order valence-electron chi connectivity index (χ3n) is 2.63. The van der Waals surface area contributed by atoms with Crippen LogP contribution in [0, 0.1) is 6.92 Å². The number of carboxylic acid groups (broad SMARTS) is 1. The molecule has 6 nitrogen and oxygen atoms in total. The van der Waals surface area contributed by atoms with Crippen molar-refractivity contribution in [2.75, 3.05) is 5.75 Å². The average Bonchev–Trinajstić information content (AvgIpc) is 2.76. The normalized spacial score (nSPS) is 10.5. The molecule has 1 N–H and O–H groups in total. The number of hydrogen-bond acceptors (Lipinski definition) is 5. The molecule has 2 rings (SSSR count). The Kier molecular flexibility index (Phi) is 4.64. The number of aliphatic carboxylic acids is 1. The number of rotatable bonds is 5. The topological polar surface area (TPSA) is 89.5 Å². The summed E-state index contributed by atoms with van der Waals surface area (Å²) in [5, 5.41) is 8.67. The number of carbonyl (C=O) groups is 2. The molecule has 1 heterocycles. The molecule has 1 aromatic carbocycles. The molecule has 0 aliphatic heterocycles. The maximum absolute atomic E-state index is 11.8. The molecule has 0 unspecified atom stereocenters. The maximum atomic E-state index is 11.8. The summed E-state index contributed by atoms with van der Waals surface area (Å²) in [6.07, 6.45) is -0.0368. The Hall–Kier alpha value is -2.28. The number of benzene rings is 1. The van der Waals surface area contributed by atoms with Crippen LogP contribution in [-0.4, -0.2) is 27.5 Å². The lowest BCUT2D eigenvalue weighted by Gasteiger charge is -2.02. The van der Waals surface area contributed by atoms with E-state index in [1.54, 1.807) is 31.2 Å². The zero-order valence-electron chi connectivity index (χ0n) is 11.2. The lowest BCUT2D eigenvalue weighted by molar-refractivity contribution is -0.136. The van der Waals surface area contributed by atoms with Crippen molar-refractivity contribution >= 4 is 23.6 Å². The molecule has 0 saturated carbocycles. The predicted octanol–water partition coefficient (Wildman–Crippen LogP) is 1.81. The molecule has 0 spiro atoms. The quantitative estimate of drug-likeness (QED) is 0.847. The van der Waals surface area contributed by atoms with Crippen LogP contribution in [0.1, 0.15) is 16.1 Å². The zero-order valence-corrected chi connectivity index (χ0v) is 12.1. The highest BCUT2D eigenvalue weighted by atomic mass is 32.2. The fourth-order valence-electron chi connectivity index (χ4n) is 1.70. The van der Waals surface area contributed by atoms with Crippen LogP contribution in [0.4, 0.5) is 0 Å². The largest absolute Gasteiger partial charge is 0.481 e. The first-order valence-electron chi connectivity index (χ1n) is 6.12. The van der Waals surface area contributed by atoms with E-state index in [0.717, 1.165) is 9.64 Å². The second kappa shape index (κ2) is 6.45. The summed E-state index contributed by atoms with van der Waals surface area (Å²) in [6.45, 7) is 1.60. The van der Waals surface area contributed by atoms with E-state index in [1.165, 1.54) is 17.8 Å². The van der Waals surface area contributed by atoms with Gasteiger partial charge in [-0.3, -0.25) is 14.4 Å². The van der Waals surface area contributed by atoms with Gasteiger partial charge in [0.2, 0.25) is 0 Å². The molecule has 0 radical (unpaired) electrons. The van der Waals surface area contributed by atoms with Gasteiger partial charge in [0.05, 0.1) is 12.2 Å². The fraction of sp³-hybridized carbons (Fsp3) is 0.214. The van der Waals surface area contributed by atoms with Gasteiger partial charge >= 0.3 is 5.97 Å². The number of carboxylic acids is 1. The number of nitrogens with zero attached hydrogens (tertiary/aromatic N) is 1. The molecule has 1 aromatic heterocycles. The molecule has 0 aliphatic rings. The second-order valence-corrected chi connectivity index (χ2v) is 5.42. The standard InChI is InChI=1S/C14H13NO5S/c1-9-6-12(16)15(20-9)13(17)8-21-11-4-2-10(3-5-11)7-14(18)19/h2-6H,7-8H2,1H3,(H,18,19). The number of hydrogen-bond donors (Lipinski definition) is 1. The van der Waals surface area contributed by atoms with E-state index in [4.69, 9.17) is 9.63 Å². The third-order valence-corrected chi connectivity index (χ3v) is 3.63. The minimum Gasteiger partial charge on any atom is -0.481 e. The van der Waals surface area contributed by atoms with Gasteiger partial charge in [-0.25, -0.2) is 0 Å². The van der Waals surface area contributed by atoms with E-state index in [0.29, 0.717) is 11.3 Å². The van der Waals surface area contributed by atoms with Gasteiger partial charge in [-0.2, -0.15) is 0 Å². The summed E-state index contributed by atoms with van der Waals surface area (Å²) in [5.74, 6) is -0.882. The molecule has 7 heteroatoms. The third kappa shape index (κ3) is 4.09. The Labute approximate surface area is 124 Å². The number of carbonyl (C=O) groups excluding carboxylic acids is 1. The van der Waals surface area contributed by atoms with Crippen molar-refractivity contribution in [3.05, 3.63) is 52.0 Å². The van der Waals surface area contributed by atoms with E-state index in [9.17, 15) is 14.4 Å². The Morgan fingerprint density at radius 1 is 1.29 bits per heavy atom. The SMILES string of the molecule is Cc1cc(=O)n(C(=O)CSc2ccc(CC(=O)O)cc2)o1. The van der Waals surface area contributed by atoms with E-state index in [-0.39, 0.29) is 12.2 Å². The van der Waals surface area contributed by atoms with Crippen LogP contribution in [0.2, 0.25) is 0 Å². The number of aryl methyl sites for hydroxylation is 1. The minimum atomic E-state index is -0.891. The van der Waals surface area contributed by atoms with E-state index in [1.807, 2.05) is 0 Å². The van der Waals surface area contributed by atoms with E-state index < -0.39 is 17.4 Å². The van der Waals surface area contributed by atoms with Crippen LogP contribution in [-0.2, 0) is 11.2 Å². The summed E-state index contributed by atoms with van der Waals surface area (Å²) >= 11 is 1.25. The predicted molar refractivity (Wildman–Crippen MR) is 76.8 cm³/mol. The second-order valence-electron chi connectivity index (χ2n) is 4.38. The minimum absolute atomic E-state index is 0.0368. The molecule has 0 fully saturated rings. The summed E-state index contributed by atoms with van der Waals surface area (Å²) in [4.78, 5) is 34.6. The monoisotopic (exact) mass is 307 g/mol. The van der Waals surface area contributed by atoms with Crippen LogP contribution < -0.4 is 5.56 Å². The number of thioether (sulfide) groups is 1. The van der Waals surface area contributed by atoms with Crippen LogP contribution in [0.25, 0.3) is 0 Å². The highest BCUT2D eigenvalue weighted by Gasteiger charge is 2.12. The van der Waals surface area contributed by atoms with Crippen molar-refractivity contribution in [1.29, 1.82) is 0 Å². The Balaban J connectivity index is 1.96. The van der Waals surface area contributed by atoms with Crippen molar-refractivity contribution in [2.24, 2.45) is 0 Å². The first-order chi connectivity index (χ1) is 9.95. The van der Waals surface area contributed by atoms with Crippen molar-refractivity contribution in [3.63, 3.8) is 0 Å². The molecule has 0 aliphatic carbocycles. The Morgan fingerprint density at radius 3 is 2.48 bits per heavy atom. The summed E-state index contributed by atoms with van der Waals surface area (Å²) in [7, 11) is 0. The van der Waals surface area contributed by atoms with Gasteiger partial charge in [-0.15, -0.1) is 16.5 Å². The first-order valence-corrected chi connectivity index (χ1v) is 7.11. The van der Waals surface area contributed by atoms with Crippen LogP contribution in [0.5, 0.6) is 0 Å². The van der Waals surface area contributed by atoms with Crippen LogP contribution >= 0.6 is 11.8 Å². The smallest absolute Gasteiger partial charge is 0.307 e. The van der Waals surface area contributed by atoms with Gasteiger partial charge in [-0.05, 0) is 24.6 Å². The lowest BCUT2D eigenvalue weighted by atomic mass is 10.2. The van der Waals surface area contributed by atoms with Crippen molar-refractivity contribution in [3.8, 4) is 0 Å². The Morgan fingerprint density at radius 2 is 1.95 bits per heavy atom.